The Bertz CT molecular complexity index is 981. The lowest BCUT2D eigenvalue weighted by molar-refractivity contribution is -0.120. The number of benzene rings is 2. The van der Waals surface area contributed by atoms with Crippen molar-refractivity contribution < 1.29 is 19.5 Å². The fourth-order valence-corrected chi connectivity index (χ4v) is 2.97. The van der Waals surface area contributed by atoms with Crippen LogP contribution in [0.15, 0.2) is 53.2 Å². The molecule has 2 aromatic carbocycles. The zero-order valence-electron chi connectivity index (χ0n) is 14.0. The molecule has 2 N–H and O–H groups in total. The standard InChI is InChI=1S/C19H15ClN2O4/c1-10-6-7-14(11(2)8-10)22-17(23)15(20)16(18(22)24)21-13-5-3-4-12(9-13)19(25)26/h3-9,21H,1-2H3,(H,25,26). The first-order valence-electron chi connectivity index (χ1n) is 7.76. The number of nitrogens with one attached hydrogen (secondary N) is 1. The Balaban J connectivity index is 1.94. The van der Waals surface area contributed by atoms with E-state index in [-0.39, 0.29) is 16.3 Å². The van der Waals surface area contributed by atoms with Gasteiger partial charge in [0, 0.05) is 5.69 Å². The van der Waals surface area contributed by atoms with E-state index in [0.29, 0.717) is 11.4 Å². The number of aromatic carboxylic acids is 1. The van der Waals surface area contributed by atoms with Crippen molar-refractivity contribution >= 4 is 40.8 Å². The highest BCUT2D eigenvalue weighted by Crippen LogP contribution is 2.32. The van der Waals surface area contributed by atoms with Crippen LogP contribution in [0, 0.1) is 13.8 Å². The van der Waals surface area contributed by atoms with Crippen LogP contribution < -0.4 is 10.2 Å². The Hall–Kier alpha value is -3.12. The molecule has 0 radical (unpaired) electrons. The number of halogens is 1. The van der Waals surface area contributed by atoms with E-state index in [2.05, 4.69) is 5.32 Å². The minimum atomic E-state index is -1.10. The van der Waals surface area contributed by atoms with E-state index in [1.54, 1.807) is 25.1 Å². The SMILES string of the molecule is Cc1ccc(N2C(=O)C(Cl)=C(Nc3cccc(C(=O)O)c3)C2=O)c(C)c1. The number of carbonyl (C=O) groups excluding carboxylic acids is 2. The molecule has 0 atom stereocenters. The zero-order valence-corrected chi connectivity index (χ0v) is 14.8. The van der Waals surface area contributed by atoms with Crippen molar-refractivity contribution in [2.45, 2.75) is 13.8 Å². The number of hydrogen-bond donors (Lipinski definition) is 2. The van der Waals surface area contributed by atoms with Gasteiger partial charge in [-0.3, -0.25) is 9.59 Å². The van der Waals surface area contributed by atoms with Crippen molar-refractivity contribution in [3.63, 3.8) is 0 Å². The second-order valence-corrected chi connectivity index (χ2v) is 6.31. The highest BCUT2D eigenvalue weighted by molar-refractivity contribution is 6.53. The lowest BCUT2D eigenvalue weighted by Crippen LogP contribution is -2.32. The van der Waals surface area contributed by atoms with Gasteiger partial charge in [-0.05, 0) is 43.7 Å². The number of amides is 2. The molecule has 132 valence electrons. The van der Waals surface area contributed by atoms with Crippen LogP contribution in [-0.4, -0.2) is 22.9 Å². The van der Waals surface area contributed by atoms with Gasteiger partial charge < -0.3 is 10.4 Å². The molecule has 0 bridgehead atoms. The third-order valence-electron chi connectivity index (χ3n) is 4.00. The molecule has 0 aliphatic carbocycles. The van der Waals surface area contributed by atoms with Crippen LogP contribution in [0.1, 0.15) is 21.5 Å². The second-order valence-electron chi connectivity index (χ2n) is 5.94. The van der Waals surface area contributed by atoms with Crippen molar-refractivity contribution in [2.24, 2.45) is 0 Å². The smallest absolute Gasteiger partial charge is 0.335 e. The van der Waals surface area contributed by atoms with Crippen LogP contribution >= 0.6 is 11.6 Å². The molecule has 0 unspecified atom stereocenters. The Morgan fingerprint density at radius 1 is 1.08 bits per heavy atom. The number of carboxylic acids is 1. The quantitative estimate of drug-likeness (QED) is 0.805. The number of hydrogen-bond acceptors (Lipinski definition) is 4. The number of anilines is 2. The van der Waals surface area contributed by atoms with Crippen molar-refractivity contribution in [3.05, 3.63) is 69.9 Å². The van der Waals surface area contributed by atoms with Gasteiger partial charge in [-0.25, -0.2) is 9.69 Å². The zero-order chi connectivity index (χ0) is 19.0. The molecule has 3 rings (SSSR count). The van der Waals surface area contributed by atoms with Gasteiger partial charge in [-0.2, -0.15) is 0 Å². The first-order valence-corrected chi connectivity index (χ1v) is 8.13. The molecule has 1 aliphatic rings. The Morgan fingerprint density at radius 3 is 2.46 bits per heavy atom. The summed E-state index contributed by atoms with van der Waals surface area (Å²) in [5, 5.41) is 11.6. The van der Waals surface area contributed by atoms with E-state index >= 15 is 0 Å². The fraction of sp³-hybridized carbons (Fsp3) is 0.105. The van der Waals surface area contributed by atoms with E-state index in [9.17, 15) is 14.4 Å². The Morgan fingerprint density at radius 2 is 1.81 bits per heavy atom. The van der Waals surface area contributed by atoms with Crippen LogP contribution in [0.2, 0.25) is 0 Å². The number of aryl methyl sites for hydroxylation is 2. The van der Waals surface area contributed by atoms with Crippen molar-refractivity contribution in [2.75, 3.05) is 10.2 Å². The van der Waals surface area contributed by atoms with Crippen LogP contribution in [0.4, 0.5) is 11.4 Å². The Kier molecular flexibility index (Phi) is 4.52. The number of carbonyl (C=O) groups is 3. The fourth-order valence-electron chi connectivity index (χ4n) is 2.76. The first-order chi connectivity index (χ1) is 12.3. The van der Waals surface area contributed by atoms with Crippen LogP contribution in [-0.2, 0) is 9.59 Å². The molecule has 2 amide bonds. The molecule has 2 aromatic rings. The number of imide groups is 1. The summed E-state index contributed by atoms with van der Waals surface area (Å²) in [6.45, 7) is 3.72. The topological polar surface area (TPSA) is 86.7 Å². The van der Waals surface area contributed by atoms with Gasteiger partial charge in [0.2, 0.25) is 0 Å². The van der Waals surface area contributed by atoms with E-state index in [0.717, 1.165) is 16.0 Å². The summed E-state index contributed by atoms with van der Waals surface area (Å²) in [6, 6.07) is 11.3. The van der Waals surface area contributed by atoms with Crippen LogP contribution in [0.3, 0.4) is 0 Å². The molecule has 1 heterocycles. The number of rotatable bonds is 4. The molecule has 0 aromatic heterocycles. The highest BCUT2D eigenvalue weighted by atomic mass is 35.5. The van der Waals surface area contributed by atoms with Gasteiger partial charge in [0.25, 0.3) is 11.8 Å². The predicted molar refractivity (Wildman–Crippen MR) is 98.3 cm³/mol. The summed E-state index contributed by atoms with van der Waals surface area (Å²) < 4.78 is 0. The van der Waals surface area contributed by atoms with Crippen molar-refractivity contribution in [1.82, 2.24) is 0 Å². The van der Waals surface area contributed by atoms with E-state index in [4.69, 9.17) is 16.7 Å². The van der Waals surface area contributed by atoms with Crippen LogP contribution in [0.5, 0.6) is 0 Å². The summed E-state index contributed by atoms with van der Waals surface area (Å²) in [5.41, 5.74) is 2.55. The third kappa shape index (κ3) is 3.07. The van der Waals surface area contributed by atoms with Gasteiger partial charge in [-0.1, -0.05) is 35.4 Å². The molecule has 0 saturated carbocycles. The Labute approximate surface area is 154 Å². The molecule has 26 heavy (non-hydrogen) atoms. The lowest BCUT2D eigenvalue weighted by Gasteiger charge is -2.18. The summed E-state index contributed by atoms with van der Waals surface area (Å²) in [5.74, 6) is -2.31. The first kappa shape index (κ1) is 17.7. The molecule has 0 fully saturated rings. The van der Waals surface area contributed by atoms with Gasteiger partial charge in [0.15, 0.2) is 0 Å². The molecule has 0 spiro atoms. The normalized spacial score (nSPS) is 14.2. The average molecular weight is 371 g/mol. The van der Waals surface area contributed by atoms with Gasteiger partial charge in [0.05, 0.1) is 11.3 Å². The summed E-state index contributed by atoms with van der Waals surface area (Å²) >= 11 is 6.09. The number of carboxylic acid groups (broad SMARTS) is 1. The molecule has 6 nitrogen and oxygen atoms in total. The minimum Gasteiger partial charge on any atom is -0.478 e. The number of nitrogens with zero attached hydrogens (tertiary/aromatic N) is 1. The monoisotopic (exact) mass is 370 g/mol. The summed E-state index contributed by atoms with van der Waals surface area (Å²) in [4.78, 5) is 37.4. The van der Waals surface area contributed by atoms with Gasteiger partial charge in [0.1, 0.15) is 10.7 Å². The molecule has 1 aliphatic heterocycles. The predicted octanol–water partition coefficient (Wildman–Crippen LogP) is 3.44. The maximum Gasteiger partial charge on any atom is 0.335 e. The highest BCUT2D eigenvalue weighted by Gasteiger charge is 2.39. The molecular formula is C19H15ClN2O4. The second kappa shape index (κ2) is 6.65. The van der Waals surface area contributed by atoms with Gasteiger partial charge in [-0.15, -0.1) is 0 Å². The van der Waals surface area contributed by atoms with Crippen LogP contribution in [0.25, 0.3) is 0 Å². The van der Waals surface area contributed by atoms with E-state index in [1.807, 2.05) is 13.0 Å². The van der Waals surface area contributed by atoms with E-state index in [1.165, 1.54) is 18.2 Å². The molecule has 0 saturated heterocycles. The average Bonchev–Trinajstić information content (AvgIpc) is 2.79. The maximum absolute atomic E-state index is 12.8. The maximum atomic E-state index is 12.8. The summed E-state index contributed by atoms with van der Waals surface area (Å²) in [7, 11) is 0. The largest absolute Gasteiger partial charge is 0.478 e. The van der Waals surface area contributed by atoms with Gasteiger partial charge >= 0.3 is 5.97 Å². The van der Waals surface area contributed by atoms with Crippen molar-refractivity contribution in [1.29, 1.82) is 0 Å². The summed E-state index contributed by atoms with van der Waals surface area (Å²) in [6.07, 6.45) is 0. The van der Waals surface area contributed by atoms with E-state index < -0.39 is 17.8 Å². The minimum absolute atomic E-state index is 0.0507. The third-order valence-corrected chi connectivity index (χ3v) is 4.35. The molecular weight excluding hydrogens is 356 g/mol. The molecule has 7 heteroatoms. The van der Waals surface area contributed by atoms with Crippen molar-refractivity contribution in [3.8, 4) is 0 Å². The lowest BCUT2D eigenvalue weighted by atomic mass is 10.1.